The van der Waals surface area contributed by atoms with E-state index in [1.165, 1.54) is 0 Å². The number of nitriles is 1. The molecule has 0 saturated carbocycles. The van der Waals surface area contributed by atoms with E-state index in [-0.39, 0.29) is 12.0 Å². The monoisotopic (exact) mass is 184 g/mol. The fourth-order valence-corrected chi connectivity index (χ4v) is 1.08. The number of nitrogens with one attached hydrogen (secondary N) is 1. The molecule has 3 heteroatoms. The SMILES string of the molecule is CC(C)(C#N)CCCCNCCO. The van der Waals surface area contributed by atoms with E-state index in [0.29, 0.717) is 6.54 Å². The van der Waals surface area contributed by atoms with Crippen LogP contribution in [0, 0.1) is 16.7 Å². The molecule has 76 valence electrons. The molecule has 0 aliphatic rings. The maximum atomic E-state index is 8.74. The molecule has 0 fully saturated rings. The number of aliphatic hydroxyl groups is 1. The molecule has 13 heavy (non-hydrogen) atoms. The second-order valence-corrected chi connectivity index (χ2v) is 3.93. The minimum atomic E-state index is -0.184. The van der Waals surface area contributed by atoms with Crippen LogP contribution < -0.4 is 5.32 Å². The summed E-state index contributed by atoms with van der Waals surface area (Å²) < 4.78 is 0. The first-order valence-corrected chi connectivity index (χ1v) is 4.85. The smallest absolute Gasteiger partial charge is 0.0683 e. The molecule has 0 aromatic heterocycles. The third kappa shape index (κ3) is 7.76. The van der Waals surface area contributed by atoms with Crippen LogP contribution in [0.4, 0.5) is 0 Å². The van der Waals surface area contributed by atoms with Gasteiger partial charge < -0.3 is 10.4 Å². The van der Waals surface area contributed by atoms with E-state index in [4.69, 9.17) is 10.4 Å². The molecular formula is C10H20N2O. The highest BCUT2D eigenvalue weighted by Gasteiger charge is 2.14. The lowest BCUT2D eigenvalue weighted by atomic mass is 9.89. The molecule has 2 N–H and O–H groups in total. The summed E-state index contributed by atoms with van der Waals surface area (Å²) in [4.78, 5) is 0. The summed E-state index contributed by atoms with van der Waals surface area (Å²) in [6, 6.07) is 2.28. The molecule has 0 aromatic carbocycles. The van der Waals surface area contributed by atoms with Crippen molar-refractivity contribution in [2.45, 2.75) is 33.1 Å². The number of hydrogen-bond acceptors (Lipinski definition) is 3. The van der Waals surface area contributed by atoms with Gasteiger partial charge in [0.1, 0.15) is 0 Å². The molecule has 0 amide bonds. The predicted octanol–water partition coefficient (Wildman–Crippen LogP) is 1.29. The molecule has 0 spiro atoms. The molecule has 0 aromatic rings. The molecule has 0 aliphatic carbocycles. The lowest BCUT2D eigenvalue weighted by Gasteiger charge is -2.14. The Kier molecular flexibility index (Phi) is 6.56. The fraction of sp³-hybridized carbons (Fsp3) is 0.900. The van der Waals surface area contributed by atoms with Crippen LogP contribution in [0.3, 0.4) is 0 Å². The first-order chi connectivity index (χ1) is 6.12. The van der Waals surface area contributed by atoms with E-state index in [9.17, 15) is 0 Å². The highest BCUT2D eigenvalue weighted by Crippen LogP contribution is 2.21. The number of unbranched alkanes of at least 4 members (excludes halogenated alkanes) is 1. The van der Waals surface area contributed by atoms with Crippen LogP contribution in [0.5, 0.6) is 0 Å². The number of aliphatic hydroxyl groups excluding tert-OH is 1. The Morgan fingerprint density at radius 1 is 1.31 bits per heavy atom. The Labute approximate surface area is 80.8 Å². The number of hydrogen-bond donors (Lipinski definition) is 2. The summed E-state index contributed by atoms with van der Waals surface area (Å²) in [6.07, 6.45) is 3.09. The van der Waals surface area contributed by atoms with Crippen LogP contribution >= 0.6 is 0 Å². The van der Waals surface area contributed by atoms with E-state index in [1.54, 1.807) is 0 Å². The molecule has 0 saturated heterocycles. The van der Waals surface area contributed by atoms with Gasteiger partial charge in [0.05, 0.1) is 18.1 Å². The van der Waals surface area contributed by atoms with Gasteiger partial charge in [-0.2, -0.15) is 5.26 Å². The Bertz CT molecular complexity index is 161. The van der Waals surface area contributed by atoms with Crippen LogP contribution in [-0.2, 0) is 0 Å². The molecule has 0 unspecified atom stereocenters. The van der Waals surface area contributed by atoms with Crippen LogP contribution in [0.25, 0.3) is 0 Å². The van der Waals surface area contributed by atoms with Crippen LogP contribution in [-0.4, -0.2) is 24.8 Å². The maximum Gasteiger partial charge on any atom is 0.0683 e. The van der Waals surface area contributed by atoms with Crippen LogP contribution in [0.1, 0.15) is 33.1 Å². The molecular weight excluding hydrogens is 164 g/mol. The molecule has 0 rings (SSSR count). The van der Waals surface area contributed by atoms with E-state index in [2.05, 4.69) is 11.4 Å². The normalized spacial score (nSPS) is 11.2. The minimum absolute atomic E-state index is 0.184. The van der Waals surface area contributed by atoms with Crippen molar-refractivity contribution in [3.8, 4) is 6.07 Å². The topological polar surface area (TPSA) is 56.0 Å². The molecule has 0 heterocycles. The van der Waals surface area contributed by atoms with Gasteiger partial charge in [-0.15, -0.1) is 0 Å². The van der Waals surface area contributed by atoms with Gasteiger partial charge in [-0.3, -0.25) is 0 Å². The van der Waals surface area contributed by atoms with Gasteiger partial charge >= 0.3 is 0 Å². The highest BCUT2D eigenvalue weighted by atomic mass is 16.3. The summed E-state index contributed by atoms with van der Waals surface area (Å²) in [5, 5.41) is 20.3. The van der Waals surface area contributed by atoms with Crippen molar-refractivity contribution < 1.29 is 5.11 Å². The second kappa shape index (κ2) is 6.88. The minimum Gasteiger partial charge on any atom is -0.395 e. The van der Waals surface area contributed by atoms with Crippen molar-refractivity contribution in [3.63, 3.8) is 0 Å². The Morgan fingerprint density at radius 2 is 2.00 bits per heavy atom. The van der Waals surface area contributed by atoms with Gasteiger partial charge in [0.15, 0.2) is 0 Å². The summed E-state index contributed by atoms with van der Waals surface area (Å²) in [7, 11) is 0. The maximum absolute atomic E-state index is 8.74. The largest absolute Gasteiger partial charge is 0.395 e. The van der Waals surface area contributed by atoms with Gasteiger partial charge in [0.2, 0.25) is 0 Å². The molecule has 0 radical (unpaired) electrons. The zero-order valence-electron chi connectivity index (χ0n) is 8.64. The summed E-state index contributed by atoms with van der Waals surface area (Å²) in [5.41, 5.74) is -0.184. The Morgan fingerprint density at radius 3 is 2.54 bits per heavy atom. The van der Waals surface area contributed by atoms with Crippen molar-refractivity contribution in [2.24, 2.45) is 5.41 Å². The average Bonchev–Trinajstić information content (AvgIpc) is 2.11. The van der Waals surface area contributed by atoms with E-state index < -0.39 is 0 Å². The quantitative estimate of drug-likeness (QED) is 0.586. The lowest BCUT2D eigenvalue weighted by Crippen LogP contribution is -2.19. The first kappa shape index (κ1) is 12.4. The van der Waals surface area contributed by atoms with E-state index in [0.717, 1.165) is 25.8 Å². The molecule has 0 atom stereocenters. The number of rotatable bonds is 7. The average molecular weight is 184 g/mol. The summed E-state index contributed by atoms with van der Waals surface area (Å²) in [5.74, 6) is 0. The van der Waals surface area contributed by atoms with Gasteiger partial charge in [-0.1, -0.05) is 6.42 Å². The zero-order chi connectivity index (χ0) is 10.2. The lowest BCUT2D eigenvalue weighted by molar-refractivity contribution is 0.291. The van der Waals surface area contributed by atoms with Crippen LogP contribution in [0.2, 0.25) is 0 Å². The van der Waals surface area contributed by atoms with Gasteiger partial charge in [-0.05, 0) is 33.2 Å². The van der Waals surface area contributed by atoms with Crippen molar-refractivity contribution in [2.75, 3.05) is 19.7 Å². The fourth-order valence-electron chi connectivity index (χ4n) is 1.08. The standard InChI is InChI=1S/C10H20N2O/c1-10(2,9-11)5-3-4-6-12-7-8-13/h12-13H,3-8H2,1-2H3. The van der Waals surface area contributed by atoms with E-state index in [1.807, 2.05) is 13.8 Å². The number of nitrogens with zero attached hydrogens (tertiary/aromatic N) is 1. The second-order valence-electron chi connectivity index (χ2n) is 3.93. The van der Waals surface area contributed by atoms with Gasteiger partial charge in [-0.25, -0.2) is 0 Å². The van der Waals surface area contributed by atoms with Crippen molar-refractivity contribution in [1.29, 1.82) is 5.26 Å². The Hall–Kier alpha value is -0.590. The van der Waals surface area contributed by atoms with Gasteiger partial charge in [0, 0.05) is 6.54 Å². The Balaban J connectivity index is 3.22. The molecule has 0 bridgehead atoms. The van der Waals surface area contributed by atoms with Crippen molar-refractivity contribution >= 4 is 0 Å². The molecule has 0 aliphatic heterocycles. The van der Waals surface area contributed by atoms with Crippen molar-refractivity contribution in [1.82, 2.24) is 5.32 Å². The van der Waals surface area contributed by atoms with Crippen LogP contribution in [0.15, 0.2) is 0 Å². The highest BCUT2D eigenvalue weighted by molar-refractivity contribution is 4.91. The summed E-state index contributed by atoms with van der Waals surface area (Å²) in [6.45, 7) is 5.73. The first-order valence-electron chi connectivity index (χ1n) is 4.85. The summed E-state index contributed by atoms with van der Waals surface area (Å²) >= 11 is 0. The zero-order valence-corrected chi connectivity index (χ0v) is 8.64. The third-order valence-corrected chi connectivity index (χ3v) is 2.00. The van der Waals surface area contributed by atoms with Gasteiger partial charge in [0.25, 0.3) is 0 Å². The third-order valence-electron chi connectivity index (χ3n) is 2.00. The molecule has 3 nitrogen and oxygen atoms in total. The van der Waals surface area contributed by atoms with E-state index >= 15 is 0 Å². The van der Waals surface area contributed by atoms with Crippen molar-refractivity contribution in [3.05, 3.63) is 0 Å². The predicted molar refractivity (Wildman–Crippen MR) is 53.2 cm³/mol.